The summed E-state index contributed by atoms with van der Waals surface area (Å²) in [6, 6.07) is 10.9. The van der Waals surface area contributed by atoms with Gasteiger partial charge in [0.15, 0.2) is 0 Å². The molecule has 13 heteroatoms. The highest BCUT2D eigenvalue weighted by Crippen LogP contribution is 2.36. The van der Waals surface area contributed by atoms with Crippen LogP contribution < -0.4 is 4.90 Å². The number of benzene rings is 2. The molecule has 0 atom stereocenters. The minimum absolute atomic E-state index is 0.0356. The minimum Gasteiger partial charge on any atom is -0.368 e. The fourth-order valence-electron chi connectivity index (χ4n) is 3.89. The Balaban J connectivity index is 1.70. The molecule has 182 valence electrons. The van der Waals surface area contributed by atoms with E-state index in [0.717, 1.165) is 10.2 Å². The summed E-state index contributed by atoms with van der Waals surface area (Å²) < 4.78 is 53.5. The maximum absolute atomic E-state index is 13.9. The van der Waals surface area contributed by atoms with Gasteiger partial charge in [0.1, 0.15) is 4.90 Å². The highest BCUT2D eigenvalue weighted by molar-refractivity contribution is 9.10. The van der Waals surface area contributed by atoms with Crippen LogP contribution in [0, 0.1) is 0 Å². The van der Waals surface area contributed by atoms with Gasteiger partial charge in [-0.25, -0.2) is 21.2 Å². The van der Waals surface area contributed by atoms with Crippen LogP contribution in [0.15, 0.2) is 58.0 Å². The molecular weight excluding hydrogens is 599 g/mol. The Labute approximate surface area is 218 Å². The largest absolute Gasteiger partial charge is 0.368 e. The Hall–Kier alpha value is -1.59. The monoisotopic (exact) mass is 613 g/mol. The van der Waals surface area contributed by atoms with E-state index in [4.69, 9.17) is 34.8 Å². The lowest BCUT2D eigenvalue weighted by atomic mass is 10.1. The van der Waals surface area contributed by atoms with Gasteiger partial charge in [0.25, 0.3) is 26.1 Å². The number of halogens is 6. The van der Waals surface area contributed by atoms with E-state index in [1.54, 1.807) is 24.3 Å². The lowest BCUT2D eigenvalue weighted by molar-refractivity contribution is -0.130. The van der Waals surface area contributed by atoms with E-state index < -0.39 is 31.7 Å². The molecule has 1 saturated heterocycles. The molecule has 0 aliphatic carbocycles. The van der Waals surface area contributed by atoms with E-state index in [0.29, 0.717) is 23.2 Å². The first-order valence-corrected chi connectivity index (χ1v) is 13.3. The number of carbonyl (C=O) groups excluding carboxylic acids is 1. The number of alkyl halides is 5. The lowest BCUT2D eigenvalue weighted by Gasteiger charge is -2.37. The first-order chi connectivity index (χ1) is 15.9. The van der Waals surface area contributed by atoms with Gasteiger partial charge in [-0.3, -0.25) is 4.79 Å². The molecule has 0 spiro atoms. The van der Waals surface area contributed by atoms with E-state index >= 15 is 0 Å². The fourth-order valence-corrected chi connectivity index (χ4v) is 6.59. The molecule has 1 aliphatic heterocycles. The zero-order valence-electron chi connectivity index (χ0n) is 17.3. The number of carbonyl (C=O) groups is 1. The maximum atomic E-state index is 13.9. The van der Waals surface area contributed by atoms with Crippen molar-refractivity contribution in [2.75, 3.05) is 31.1 Å². The molecule has 0 saturated carbocycles. The summed E-state index contributed by atoms with van der Waals surface area (Å²) >= 11 is 20.2. The molecular formula is C21H17BrCl3F2N3O3S. The average Bonchev–Trinajstić information content (AvgIpc) is 3.18. The summed E-state index contributed by atoms with van der Waals surface area (Å²) in [4.78, 5) is 15.4. The van der Waals surface area contributed by atoms with Crippen molar-refractivity contribution in [1.82, 2.24) is 8.87 Å². The molecule has 0 radical (unpaired) electrons. The number of aromatic nitrogens is 1. The Morgan fingerprint density at radius 3 is 2.26 bits per heavy atom. The van der Waals surface area contributed by atoms with E-state index in [9.17, 15) is 22.0 Å². The Kier molecular flexibility index (Phi) is 7.10. The zero-order valence-corrected chi connectivity index (χ0v) is 21.9. The van der Waals surface area contributed by atoms with Gasteiger partial charge in [0.05, 0.1) is 5.52 Å². The van der Waals surface area contributed by atoms with Crippen LogP contribution in [0.2, 0.25) is 0 Å². The highest BCUT2D eigenvalue weighted by Gasteiger charge is 2.36. The Morgan fingerprint density at radius 1 is 1.03 bits per heavy atom. The van der Waals surface area contributed by atoms with Crippen LogP contribution in [0.25, 0.3) is 10.9 Å². The van der Waals surface area contributed by atoms with Crippen molar-refractivity contribution in [3.05, 3.63) is 58.7 Å². The van der Waals surface area contributed by atoms with Crippen molar-refractivity contribution in [3.63, 3.8) is 0 Å². The molecule has 0 bridgehead atoms. The van der Waals surface area contributed by atoms with Crippen molar-refractivity contribution in [2.24, 2.45) is 0 Å². The number of hydrogen-bond acceptors (Lipinski definition) is 4. The molecule has 1 aromatic heterocycles. The molecule has 0 unspecified atom stereocenters. The third-order valence-corrected chi connectivity index (χ3v) is 8.74. The third-order valence-electron chi connectivity index (χ3n) is 5.57. The van der Waals surface area contributed by atoms with Crippen molar-refractivity contribution in [1.29, 1.82) is 0 Å². The van der Waals surface area contributed by atoms with Crippen LogP contribution in [-0.2, 0) is 14.8 Å². The number of rotatable bonds is 4. The number of fused-ring (bicyclic) bond motifs is 1. The number of hydrogen-bond donors (Lipinski definition) is 0. The Morgan fingerprint density at radius 2 is 1.68 bits per heavy atom. The average molecular weight is 616 g/mol. The first-order valence-electron chi connectivity index (χ1n) is 9.95. The van der Waals surface area contributed by atoms with E-state index in [1.807, 2.05) is 4.90 Å². The molecule has 2 heterocycles. The van der Waals surface area contributed by atoms with Crippen LogP contribution in [0.4, 0.5) is 14.5 Å². The molecule has 4 rings (SSSR count). The molecule has 6 nitrogen and oxygen atoms in total. The van der Waals surface area contributed by atoms with Crippen LogP contribution in [0.1, 0.15) is 12.0 Å². The number of nitrogens with zero attached hydrogens (tertiary/aromatic N) is 3. The van der Waals surface area contributed by atoms with Gasteiger partial charge in [0.2, 0.25) is 0 Å². The van der Waals surface area contributed by atoms with Gasteiger partial charge < -0.3 is 9.80 Å². The zero-order chi connectivity index (χ0) is 24.8. The summed E-state index contributed by atoms with van der Waals surface area (Å²) in [7, 11) is -4.14. The van der Waals surface area contributed by atoms with Gasteiger partial charge in [-0.15, -0.1) is 0 Å². The normalized spacial score (nSPS) is 15.4. The quantitative estimate of drug-likeness (QED) is 0.359. The minimum atomic E-state index is -4.14. The molecule has 1 amide bonds. The molecule has 0 N–H and O–H groups in total. The second-order valence-corrected chi connectivity index (χ2v) is 12.5. The fraction of sp³-hybridized carbons (Fsp3) is 0.286. The maximum Gasteiger partial charge on any atom is 0.274 e. The number of piperazine rings is 1. The molecule has 1 fully saturated rings. The summed E-state index contributed by atoms with van der Waals surface area (Å²) in [5.74, 6) is -0.623. The summed E-state index contributed by atoms with van der Waals surface area (Å²) in [6.45, 7) is 1.34. The number of anilines is 1. The predicted octanol–water partition coefficient (Wildman–Crippen LogP) is 5.60. The van der Waals surface area contributed by atoms with E-state index in [1.165, 1.54) is 23.1 Å². The van der Waals surface area contributed by atoms with Crippen molar-refractivity contribution >= 4 is 83.3 Å². The number of amides is 1. The summed E-state index contributed by atoms with van der Waals surface area (Å²) in [5.41, 5.74) is 0.365. The smallest absolute Gasteiger partial charge is 0.274 e. The molecule has 34 heavy (non-hydrogen) atoms. The second kappa shape index (κ2) is 9.46. The molecule has 2 aromatic carbocycles. The van der Waals surface area contributed by atoms with Gasteiger partial charge in [-0.05, 0) is 46.3 Å². The van der Waals surface area contributed by atoms with E-state index in [-0.39, 0.29) is 28.9 Å². The van der Waals surface area contributed by atoms with Crippen LogP contribution in [0.3, 0.4) is 0 Å². The van der Waals surface area contributed by atoms with Crippen LogP contribution in [-0.4, -0.2) is 53.2 Å². The summed E-state index contributed by atoms with van der Waals surface area (Å²) in [5, 5.41) is 0.128. The van der Waals surface area contributed by atoms with Crippen molar-refractivity contribution in [2.45, 2.75) is 15.1 Å². The van der Waals surface area contributed by atoms with Gasteiger partial charge >= 0.3 is 0 Å². The second-order valence-electron chi connectivity index (χ2n) is 7.59. The van der Waals surface area contributed by atoms with E-state index in [2.05, 4.69) is 15.9 Å². The molecule has 3 aromatic rings. The predicted molar refractivity (Wildman–Crippen MR) is 133 cm³/mol. The van der Waals surface area contributed by atoms with Crippen molar-refractivity contribution in [3.8, 4) is 0 Å². The van der Waals surface area contributed by atoms with Gasteiger partial charge in [0, 0.05) is 53.5 Å². The van der Waals surface area contributed by atoms with Crippen molar-refractivity contribution < 1.29 is 22.0 Å². The van der Waals surface area contributed by atoms with Gasteiger partial charge in [-0.1, -0.05) is 46.9 Å². The van der Waals surface area contributed by atoms with Crippen LogP contribution >= 0.6 is 50.7 Å². The third kappa shape index (κ3) is 4.75. The standard InChI is InChI=1S/C21H17BrCl3F2N3O3S/c22-16-3-1-2-4-18(16)34(32,33)30-12-15(19(26)27)14-11-13(5-6-17(14)30)28-7-9-29(10-8-28)20(31)21(23,24)25/h1-6,11-12,19H,7-10H2. The Bertz CT molecular complexity index is 1350. The lowest BCUT2D eigenvalue weighted by Crippen LogP contribution is -2.51. The SMILES string of the molecule is O=C(N1CCN(c2ccc3c(c2)c(C(F)F)cn3S(=O)(=O)c2ccccc2Br)CC1)C(Cl)(Cl)Cl. The summed E-state index contributed by atoms with van der Waals surface area (Å²) in [6.07, 6.45) is -1.92. The highest BCUT2D eigenvalue weighted by atomic mass is 79.9. The van der Waals surface area contributed by atoms with Crippen LogP contribution in [0.5, 0.6) is 0 Å². The van der Waals surface area contributed by atoms with Gasteiger partial charge in [-0.2, -0.15) is 0 Å². The first kappa shape index (κ1) is 25.5. The molecule has 1 aliphatic rings. The topological polar surface area (TPSA) is 62.6 Å².